The van der Waals surface area contributed by atoms with Crippen LogP contribution in [0.5, 0.6) is 0 Å². The van der Waals surface area contributed by atoms with E-state index in [9.17, 15) is 4.79 Å². The van der Waals surface area contributed by atoms with Crippen LogP contribution in [0.25, 0.3) is 0 Å². The Balaban J connectivity index is 3.31. The summed E-state index contributed by atoms with van der Waals surface area (Å²) in [5, 5.41) is 9.51. The maximum absolute atomic E-state index is 11.3. The lowest BCUT2D eigenvalue weighted by Gasteiger charge is -2.18. The number of hydrogen-bond donors (Lipinski definition) is 0. The van der Waals surface area contributed by atoms with Gasteiger partial charge in [-0.05, 0) is 37.6 Å². The third-order valence-corrected chi connectivity index (χ3v) is 2.67. The summed E-state index contributed by atoms with van der Waals surface area (Å²) in [6, 6.07) is 6.91. The molecule has 0 heterocycles. The zero-order chi connectivity index (χ0) is 12.3. The van der Waals surface area contributed by atoms with Gasteiger partial charge in [-0.3, -0.25) is 0 Å². The van der Waals surface area contributed by atoms with E-state index in [1.165, 1.54) is 7.11 Å². The fourth-order valence-electron chi connectivity index (χ4n) is 1.31. The molecule has 0 atom stereocenters. The molecule has 0 aromatic heterocycles. The second-order valence-corrected chi connectivity index (χ2v) is 4.33. The molecule has 1 aromatic carbocycles. The zero-order valence-corrected chi connectivity index (χ0v) is 10.1. The first-order chi connectivity index (χ1) is 7.42. The highest BCUT2D eigenvalue weighted by Crippen LogP contribution is 2.30. The number of methoxy groups -OCH3 is 1. The van der Waals surface area contributed by atoms with Crippen molar-refractivity contribution in [3.8, 4) is 6.07 Å². The Morgan fingerprint density at radius 1 is 1.50 bits per heavy atom. The summed E-state index contributed by atoms with van der Waals surface area (Å²) in [5.41, 5.74) is 0.283. The predicted octanol–water partition coefficient (Wildman–Crippen LogP) is 2.93. The van der Waals surface area contributed by atoms with E-state index in [4.69, 9.17) is 16.9 Å². The minimum absolute atomic E-state index is 0.394. The lowest BCUT2D eigenvalue weighted by Crippen LogP contribution is -2.15. The van der Waals surface area contributed by atoms with Crippen molar-refractivity contribution < 1.29 is 9.53 Å². The van der Waals surface area contributed by atoms with E-state index in [2.05, 4.69) is 10.8 Å². The Hall–Kier alpha value is -1.53. The number of hydrogen-bond acceptors (Lipinski definition) is 3. The quantitative estimate of drug-likeness (QED) is 0.743. The van der Waals surface area contributed by atoms with E-state index in [0.29, 0.717) is 16.1 Å². The Morgan fingerprint density at radius 2 is 2.12 bits per heavy atom. The van der Waals surface area contributed by atoms with Crippen LogP contribution in [0, 0.1) is 11.3 Å². The van der Waals surface area contributed by atoms with Gasteiger partial charge in [0.25, 0.3) is 0 Å². The first-order valence-electron chi connectivity index (χ1n) is 4.72. The largest absolute Gasteiger partial charge is 0.465 e. The smallest absolute Gasteiger partial charge is 0.337 e. The SMILES string of the molecule is COC(=O)c1ccc(Cl)c(C(C)(C)C#N)c1. The fraction of sp³-hybridized carbons (Fsp3) is 0.333. The van der Waals surface area contributed by atoms with Crippen LogP contribution in [0.2, 0.25) is 5.02 Å². The second kappa shape index (κ2) is 4.54. The van der Waals surface area contributed by atoms with Gasteiger partial charge >= 0.3 is 5.97 Å². The van der Waals surface area contributed by atoms with Crippen molar-refractivity contribution in [3.63, 3.8) is 0 Å². The van der Waals surface area contributed by atoms with Crippen LogP contribution >= 0.6 is 11.6 Å². The molecule has 0 saturated carbocycles. The number of halogens is 1. The maximum Gasteiger partial charge on any atom is 0.337 e. The van der Waals surface area contributed by atoms with Gasteiger partial charge in [0.15, 0.2) is 0 Å². The number of rotatable bonds is 2. The molecule has 0 radical (unpaired) electrons. The molecule has 4 heteroatoms. The highest BCUT2D eigenvalue weighted by molar-refractivity contribution is 6.31. The van der Waals surface area contributed by atoms with Gasteiger partial charge in [-0.2, -0.15) is 5.26 Å². The number of esters is 1. The van der Waals surface area contributed by atoms with Crippen molar-refractivity contribution in [1.82, 2.24) is 0 Å². The van der Waals surface area contributed by atoms with Crippen LogP contribution in [-0.4, -0.2) is 13.1 Å². The van der Waals surface area contributed by atoms with Crippen molar-refractivity contribution in [2.75, 3.05) is 7.11 Å². The topological polar surface area (TPSA) is 50.1 Å². The molecule has 0 aliphatic heterocycles. The summed E-state index contributed by atoms with van der Waals surface area (Å²) in [4.78, 5) is 11.3. The summed E-state index contributed by atoms with van der Waals surface area (Å²) in [6.07, 6.45) is 0. The van der Waals surface area contributed by atoms with Gasteiger partial charge in [0.05, 0.1) is 24.2 Å². The highest BCUT2D eigenvalue weighted by atomic mass is 35.5. The van der Waals surface area contributed by atoms with Crippen molar-refractivity contribution in [2.24, 2.45) is 0 Å². The number of ether oxygens (including phenoxy) is 1. The van der Waals surface area contributed by atoms with Crippen LogP contribution in [0.3, 0.4) is 0 Å². The van der Waals surface area contributed by atoms with E-state index >= 15 is 0 Å². The third kappa shape index (κ3) is 2.34. The predicted molar refractivity (Wildman–Crippen MR) is 61.4 cm³/mol. The second-order valence-electron chi connectivity index (χ2n) is 3.92. The first kappa shape index (κ1) is 12.5. The van der Waals surface area contributed by atoms with Crippen molar-refractivity contribution in [1.29, 1.82) is 5.26 Å². The molecule has 0 N–H and O–H groups in total. The Morgan fingerprint density at radius 3 is 2.62 bits per heavy atom. The number of benzene rings is 1. The van der Waals surface area contributed by atoms with Gasteiger partial charge < -0.3 is 4.74 Å². The van der Waals surface area contributed by atoms with Crippen molar-refractivity contribution in [3.05, 3.63) is 34.3 Å². The average Bonchev–Trinajstić information content (AvgIpc) is 2.28. The molecule has 0 saturated heterocycles. The molecule has 0 bridgehead atoms. The fourth-order valence-corrected chi connectivity index (χ4v) is 1.66. The molecule has 1 rings (SSSR count). The van der Waals surface area contributed by atoms with Gasteiger partial charge in [0.1, 0.15) is 0 Å². The molecule has 16 heavy (non-hydrogen) atoms. The van der Waals surface area contributed by atoms with Crippen LogP contribution in [0.15, 0.2) is 18.2 Å². The highest BCUT2D eigenvalue weighted by Gasteiger charge is 2.24. The van der Waals surface area contributed by atoms with Gasteiger partial charge in [0.2, 0.25) is 0 Å². The molecular weight excluding hydrogens is 226 g/mol. The van der Waals surface area contributed by atoms with Gasteiger partial charge in [-0.1, -0.05) is 11.6 Å². The molecule has 84 valence electrons. The Bertz CT molecular complexity index is 461. The Labute approximate surface area is 99.6 Å². The lowest BCUT2D eigenvalue weighted by molar-refractivity contribution is 0.0600. The number of nitriles is 1. The van der Waals surface area contributed by atoms with Gasteiger partial charge in [-0.25, -0.2) is 4.79 Å². The number of nitrogens with zero attached hydrogens (tertiary/aromatic N) is 1. The minimum atomic E-state index is -0.735. The lowest BCUT2D eigenvalue weighted by atomic mass is 9.85. The molecule has 0 fully saturated rings. The summed E-state index contributed by atoms with van der Waals surface area (Å²) in [5.74, 6) is -0.438. The van der Waals surface area contributed by atoms with Crippen LogP contribution < -0.4 is 0 Å². The molecule has 0 spiro atoms. The van der Waals surface area contributed by atoms with Crippen LogP contribution in [0.1, 0.15) is 29.8 Å². The molecule has 0 aliphatic carbocycles. The summed E-state index contributed by atoms with van der Waals surface area (Å²) in [6.45, 7) is 3.49. The molecular formula is C12H12ClNO2. The number of carbonyl (C=O) groups excluding carboxylic acids is 1. The van der Waals surface area contributed by atoms with E-state index in [-0.39, 0.29) is 0 Å². The molecule has 0 amide bonds. The van der Waals surface area contributed by atoms with E-state index in [0.717, 1.165) is 0 Å². The van der Waals surface area contributed by atoms with Gasteiger partial charge in [-0.15, -0.1) is 0 Å². The monoisotopic (exact) mass is 237 g/mol. The minimum Gasteiger partial charge on any atom is -0.465 e. The van der Waals surface area contributed by atoms with E-state index in [1.807, 2.05) is 0 Å². The van der Waals surface area contributed by atoms with Gasteiger partial charge in [0, 0.05) is 5.02 Å². The van der Waals surface area contributed by atoms with Crippen molar-refractivity contribution in [2.45, 2.75) is 19.3 Å². The van der Waals surface area contributed by atoms with Crippen molar-refractivity contribution >= 4 is 17.6 Å². The molecule has 0 unspecified atom stereocenters. The molecule has 1 aromatic rings. The Kier molecular flexibility index (Phi) is 3.56. The molecule has 3 nitrogen and oxygen atoms in total. The maximum atomic E-state index is 11.3. The summed E-state index contributed by atoms with van der Waals surface area (Å²) < 4.78 is 4.61. The zero-order valence-electron chi connectivity index (χ0n) is 9.37. The average molecular weight is 238 g/mol. The number of carbonyl (C=O) groups is 1. The summed E-state index contributed by atoms with van der Waals surface area (Å²) in [7, 11) is 1.31. The summed E-state index contributed by atoms with van der Waals surface area (Å²) >= 11 is 6.00. The van der Waals surface area contributed by atoms with E-state index < -0.39 is 11.4 Å². The molecule has 0 aliphatic rings. The first-order valence-corrected chi connectivity index (χ1v) is 5.10. The third-order valence-electron chi connectivity index (χ3n) is 2.34. The van der Waals surface area contributed by atoms with Crippen LogP contribution in [0.4, 0.5) is 0 Å². The normalized spacial score (nSPS) is 10.7. The van der Waals surface area contributed by atoms with Crippen LogP contribution in [-0.2, 0) is 10.2 Å². The van der Waals surface area contributed by atoms with E-state index in [1.54, 1.807) is 32.0 Å². The standard InChI is InChI=1S/C12H12ClNO2/c1-12(2,7-14)9-6-8(11(15)16-3)4-5-10(9)13/h4-6H,1-3H3.